The summed E-state index contributed by atoms with van der Waals surface area (Å²) in [4.78, 5) is 6.72. The average Bonchev–Trinajstić information content (AvgIpc) is 2.96. The minimum absolute atomic E-state index is 0.381. The maximum Gasteiger partial charge on any atom is 0.193 e. The molecule has 110 valence electrons. The summed E-state index contributed by atoms with van der Waals surface area (Å²) in [5.74, 6) is -0.673. The molecule has 1 aliphatic rings. The standard InChI is InChI=1S/C15H21F2N3/c1-2-18-15(20-10-3-4-11-20)19-9-8-12-6-5-7-13(16)14(12)17/h5-7H,2-4,8-11H2,1H3,(H,18,19). The van der Waals surface area contributed by atoms with Crippen LogP contribution in [0.3, 0.4) is 0 Å². The summed E-state index contributed by atoms with van der Waals surface area (Å²) in [7, 11) is 0. The van der Waals surface area contributed by atoms with Gasteiger partial charge < -0.3 is 10.2 Å². The number of hydrogen-bond acceptors (Lipinski definition) is 1. The highest BCUT2D eigenvalue weighted by molar-refractivity contribution is 5.80. The van der Waals surface area contributed by atoms with Crippen LogP contribution >= 0.6 is 0 Å². The van der Waals surface area contributed by atoms with Crippen molar-refractivity contribution in [3.8, 4) is 0 Å². The first kappa shape index (κ1) is 14.8. The van der Waals surface area contributed by atoms with Crippen LogP contribution in [0.25, 0.3) is 0 Å². The molecule has 1 heterocycles. The van der Waals surface area contributed by atoms with Crippen molar-refractivity contribution in [2.45, 2.75) is 26.2 Å². The second kappa shape index (κ2) is 7.22. The molecular formula is C15H21F2N3. The van der Waals surface area contributed by atoms with Crippen LogP contribution < -0.4 is 5.32 Å². The van der Waals surface area contributed by atoms with E-state index < -0.39 is 11.6 Å². The number of guanidine groups is 1. The van der Waals surface area contributed by atoms with Gasteiger partial charge >= 0.3 is 0 Å². The molecule has 0 amide bonds. The Labute approximate surface area is 118 Å². The number of nitrogens with zero attached hydrogens (tertiary/aromatic N) is 2. The van der Waals surface area contributed by atoms with Gasteiger partial charge in [0.25, 0.3) is 0 Å². The van der Waals surface area contributed by atoms with Crippen LogP contribution in [0.4, 0.5) is 8.78 Å². The summed E-state index contributed by atoms with van der Waals surface area (Å²) < 4.78 is 26.6. The number of benzene rings is 1. The Morgan fingerprint density at radius 2 is 2.05 bits per heavy atom. The van der Waals surface area contributed by atoms with Crippen LogP contribution in [0.2, 0.25) is 0 Å². The second-order valence-electron chi connectivity index (χ2n) is 4.89. The fourth-order valence-corrected chi connectivity index (χ4v) is 2.38. The first-order valence-electron chi connectivity index (χ1n) is 7.18. The highest BCUT2D eigenvalue weighted by Crippen LogP contribution is 2.12. The third-order valence-corrected chi connectivity index (χ3v) is 3.41. The summed E-state index contributed by atoms with van der Waals surface area (Å²) in [5, 5.41) is 3.24. The van der Waals surface area contributed by atoms with Gasteiger partial charge in [-0.05, 0) is 37.8 Å². The Bertz CT molecular complexity index is 468. The first-order chi connectivity index (χ1) is 9.72. The van der Waals surface area contributed by atoms with Gasteiger partial charge in [-0.15, -0.1) is 0 Å². The van der Waals surface area contributed by atoms with Crippen molar-refractivity contribution in [2.24, 2.45) is 4.99 Å². The molecule has 1 aromatic rings. The zero-order chi connectivity index (χ0) is 14.4. The molecule has 1 saturated heterocycles. The van der Waals surface area contributed by atoms with Gasteiger partial charge in [-0.3, -0.25) is 4.99 Å². The lowest BCUT2D eigenvalue weighted by molar-refractivity contribution is 0.491. The van der Waals surface area contributed by atoms with E-state index in [1.165, 1.54) is 18.9 Å². The number of rotatable bonds is 4. The molecule has 0 aliphatic carbocycles. The molecule has 1 N–H and O–H groups in total. The van der Waals surface area contributed by atoms with Crippen molar-refractivity contribution >= 4 is 5.96 Å². The number of nitrogens with one attached hydrogen (secondary N) is 1. The van der Waals surface area contributed by atoms with E-state index in [2.05, 4.69) is 15.2 Å². The quantitative estimate of drug-likeness (QED) is 0.678. The average molecular weight is 281 g/mol. The lowest BCUT2D eigenvalue weighted by atomic mass is 10.1. The molecule has 0 aromatic heterocycles. The lowest BCUT2D eigenvalue weighted by Crippen LogP contribution is -2.39. The fourth-order valence-electron chi connectivity index (χ4n) is 2.38. The minimum Gasteiger partial charge on any atom is -0.357 e. The Hall–Kier alpha value is -1.65. The van der Waals surface area contributed by atoms with Crippen molar-refractivity contribution in [1.82, 2.24) is 10.2 Å². The molecular weight excluding hydrogens is 260 g/mol. The predicted octanol–water partition coefficient (Wildman–Crippen LogP) is 2.57. The maximum atomic E-state index is 13.5. The zero-order valence-corrected chi connectivity index (χ0v) is 11.8. The third-order valence-electron chi connectivity index (χ3n) is 3.41. The Kier molecular flexibility index (Phi) is 5.32. The molecule has 2 rings (SSSR count). The van der Waals surface area contributed by atoms with Gasteiger partial charge in [0.05, 0.1) is 0 Å². The van der Waals surface area contributed by atoms with Gasteiger partial charge in [0, 0.05) is 26.2 Å². The zero-order valence-electron chi connectivity index (χ0n) is 11.8. The fraction of sp³-hybridized carbons (Fsp3) is 0.533. The topological polar surface area (TPSA) is 27.6 Å². The van der Waals surface area contributed by atoms with Crippen molar-refractivity contribution in [2.75, 3.05) is 26.2 Å². The van der Waals surface area contributed by atoms with Gasteiger partial charge in [-0.1, -0.05) is 12.1 Å². The molecule has 0 bridgehead atoms. The van der Waals surface area contributed by atoms with Gasteiger partial charge in [0.2, 0.25) is 0 Å². The number of likely N-dealkylation sites (tertiary alicyclic amines) is 1. The summed E-state index contributed by atoms with van der Waals surface area (Å²) in [6.07, 6.45) is 2.78. The van der Waals surface area contributed by atoms with E-state index in [0.717, 1.165) is 31.7 Å². The SMILES string of the molecule is CCNC(=NCCc1cccc(F)c1F)N1CCCC1. The number of hydrogen-bond donors (Lipinski definition) is 1. The number of aliphatic imine (C=N–C) groups is 1. The number of halogens is 2. The minimum atomic E-state index is -0.794. The molecule has 0 saturated carbocycles. The molecule has 0 atom stereocenters. The van der Waals surface area contributed by atoms with E-state index in [4.69, 9.17) is 0 Å². The molecule has 1 fully saturated rings. The van der Waals surface area contributed by atoms with E-state index in [1.807, 2.05) is 6.92 Å². The molecule has 20 heavy (non-hydrogen) atoms. The van der Waals surface area contributed by atoms with Crippen molar-refractivity contribution in [3.05, 3.63) is 35.4 Å². The van der Waals surface area contributed by atoms with Crippen LogP contribution in [0.15, 0.2) is 23.2 Å². The predicted molar refractivity (Wildman–Crippen MR) is 76.8 cm³/mol. The summed E-state index contributed by atoms with van der Waals surface area (Å²) >= 11 is 0. The second-order valence-corrected chi connectivity index (χ2v) is 4.89. The van der Waals surface area contributed by atoms with Crippen LogP contribution in [0.1, 0.15) is 25.3 Å². The molecule has 1 aromatic carbocycles. The van der Waals surface area contributed by atoms with Gasteiger partial charge in [0.1, 0.15) is 0 Å². The first-order valence-corrected chi connectivity index (χ1v) is 7.18. The van der Waals surface area contributed by atoms with E-state index in [1.54, 1.807) is 6.07 Å². The highest BCUT2D eigenvalue weighted by Gasteiger charge is 2.15. The van der Waals surface area contributed by atoms with Crippen LogP contribution in [-0.4, -0.2) is 37.0 Å². The largest absolute Gasteiger partial charge is 0.357 e. The molecule has 0 radical (unpaired) electrons. The summed E-state index contributed by atoms with van der Waals surface area (Å²) in [6.45, 7) is 5.32. The van der Waals surface area contributed by atoms with Gasteiger partial charge in [-0.25, -0.2) is 8.78 Å². The van der Waals surface area contributed by atoms with Gasteiger partial charge in [0.15, 0.2) is 17.6 Å². The highest BCUT2D eigenvalue weighted by atomic mass is 19.2. The molecule has 5 heteroatoms. The lowest BCUT2D eigenvalue weighted by Gasteiger charge is -2.20. The van der Waals surface area contributed by atoms with Crippen molar-refractivity contribution in [3.63, 3.8) is 0 Å². The van der Waals surface area contributed by atoms with Crippen LogP contribution in [0.5, 0.6) is 0 Å². The molecule has 3 nitrogen and oxygen atoms in total. The molecule has 0 spiro atoms. The van der Waals surface area contributed by atoms with E-state index in [-0.39, 0.29) is 0 Å². The van der Waals surface area contributed by atoms with Crippen molar-refractivity contribution in [1.29, 1.82) is 0 Å². The molecule has 0 unspecified atom stereocenters. The van der Waals surface area contributed by atoms with E-state index in [0.29, 0.717) is 18.5 Å². The molecule has 1 aliphatic heterocycles. The summed E-state index contributed by atoms with van der Waals surface area (Å²) in [5.41, 5.74) is 0.381. The van der Waals surface area contributed by atoms with E-state index >= 15 is 0 Å². The third kappa shape index (κ3) is 3.68. The monoisotopic (exact) mass is 281 g/mol. The Morgan fingerprint density at radius 1 is 1.30 bits per heavy atom. The Balaban J connectivity index is 1.97. The van der Waals surface area contributed by atoms with E-state index in [9.17, 15) is 8.78 Å². The van der Waals surface area contributed by atoms with Crippen LogP contribution in [-0.2, 0) is 6.42 Å². The maximum absolute atomic E-state index is 13.5. The van der Waals surface area contributed by atoms with Gasteiger partial charge in [-0.2, -0.15) is 0 Å². The Morgan fingerprint density at radius 3 is 2.75 bits per heavy atom. The summed E-state index contributed by atoms with van der Waals surface area (Å²) in [6, 6.07) is 4.27. The normalized spacial score (nSPS) is 15.8. The van der Waals surface area contributed by atoms with Crippen molar-refractivity contribution < 1.29 is 8.78 Å². The van der Waals surface area contributed by atoms with Crippen LogP contribution in [0, 0.1) is 11.6 Å². The smallest absolute Gasteiger partial charge is 0.193 e.